The quantitative estimate of drug-likeness (QED) is 0.835. The zero-order chi connectivity index (χ0) is 13.1. The van der Waals surface area contributed by atoms with Gasteiger partial charge in [-0.05, 0) is 12.3 Å². The predicted octanol–water partition coefficient (Wildman–Crippen LogP) is 0.643. The van der Waals surface area contributed by atoms with Gasteiger partial charge < -0.3 is 5.32 Å². The Hall–Kier alpha value is -1.72. The van der Waals surface area contributed by atoms with Crippen molar-refractivity contribution < 1.29 is 9.59 Å². The van der Waals surface area contributed by atoms with Gasteiger partial charge >= 0.3 is 0 Å². The number of ketones is 1. The summed E-state index contributed by atoms with van der Waals surface area (Å²) in [4.78, 5) is 22.5. The van der Waals surface area contributed by atoms with Crippen LogP contribution in [0.25, 0.3) is 0 Å². The molecule has 0 unspecified atom stereocenters. The first kappa shape index (κ1) is 13.3. The van der Waals surface area contributed by atoms with E-state index < -0.39 is 0 Å². The molecule has 0 saturated heterocycles. The summed E-state index contributed by atoms with van der Waals surface area (Å²) in [7, 11) is 0. The summed E-state index contributed by atoms with van der Waals surface area (Å²) in [6, 6.07) is 0. The number of amides is 1. The average molecular weight is 238 g/mol. The SMILES string of the molecule is CC(=O)Cn1cc(C(=O)NCC(C)(C)C)nn1. The third-order valence-electron chi connectivity index (χ3n) is 1.94. The number of nitrogens with zero attached hydrogens (tertiary/aromatic N) is 3. The van der Waals surface area contributed by atoms with Crippen molar-refractivity contribution in [1.29, 1.82) is 0 Å². The Morgan fingerprint density at radius 2 is 2.06 bits per heavy atom. The van der Waals surface area contributed by atoms with E-state index in [9.17, 15) is 9.59 Å². The molecule has 6 nitrogen and oxygen atoms in total. The molecule has 0 atom stereocenters. The molecular formula is C11H18N4O2. The van der Waals surface area contributed by atoms with Crippen LogP contribution in [0.5, 0.6) is 0 Å². The van der Waals surface area contributed by atoms with E-state index in [2.05, 4.69) is 15.6 Å². The second kappa shape index (κ2) is 5.07. The van der Waals surface area contributed by atoms with E-state index in [1.165, 1.54) is 17.8 Å². The Morgan fingerprint density at radius 3 is 2.59 bits per heavy atom. The summed E-state index contributed by atoms with van der Waals surface area (Å²) >= 11 is 0. The number of hydrogen-bond donors (Lipinski definition) is 1. The zero-order valence-corrected chi connectivity index (χ0v) is 10.6. The van der Waals surface area contributed by atoms with Gasteiger partial charge in [-0.25, -0.2) is 4.68 Å². The normalized spacial score (nSPS) is 11.3. The van der Waals surface area contributed by atoms with Gasteiger partial charge in [-0.2, -0.15) is 0 Å². The fourth-order valence-electron chi connectivity index (χ4n) is 1.14. The Kier molecular flexibility index (Phi) is 3.98. The van der Waals surface area contributed by atoms with Crippen LogP contribution in [-0.2, 0) is 11.3 Å². The third-order valence-corrected chi connectivity index (χ3v) is 1.94. The van der Waals surface area contributed by atoms with Crippen LogP contribution in [0.4, 0.5) is 0 Å². The zero-order valence-electron chi connectivity index (χ0n) is 10.6. The van der Waals surface area contributed by atoms with Gasteiger partial charge in [0.2, 0.25) is 0 Å². The maximum Gasteiger partial charge on any atom is 0.273 e. The van der Waals surface area contributed by atoms with Crippen LogP contribution in [0.15, 0.2) is 6.20 Å². The maximum absolute atomic E-state index is 11.7. The van der Waals surface area contributed by atoms with E-state index in [0.717, 1.165) is 0 Å². The first-order valence-corrected chi connectivity index (χ1v) is 5.46. The molecule has 1 amide bonds. The molecular weight excluding hydrogens is 220 g/mol. The number of carbonyl (C=O) groups is 2. The van der Waals surface area contributed by atoms with E-state index in [0.29, 0.717) is 6.54 Å². The number of nitrogens with one attached hydrogen (secondary N) is 1. The molecule has 0 aliphatic heterocycles. The van der Waals surface area contributed by atoms with Crippen molar-refractivity contribution in [3.05, 3.63) is 11.9 Å². The number of hydrogen-bond acceptors (Lipinski definition) is 4. The lowest BCUT2D eigenvalue weighted by atomic mass is 9.97. The van der Waals surface area contributed by atoms with Crippen molar-refractivity contribution in [2.24, 2.45) is 5.41 Å². The van der Waals surface area contributed by atoms with Gasteiger partial charge in [0.25, 0.3) is 5.91 Å². The Balaban J connectivity index is 2.58. The Morgan fingerprint density at radius 1 is 1.41 bits per heavy atom. The number of rotatable bonds is 4. The van der Waals surface area contributed by atoms with Gasteiger partial charge in [0, 0.05) is 6.54 Å². The number of carbonyl (C=O) groups excluding carboxylic acids is 2. The second-order valence-corrected chi connectivity index (χ2v) is 5.25. The molecule has 0 aliphatic rings. The van der Waals surface area contributed by atoms with Crippen molar-refractivity contribution in [2.45, 2.75) is 34.2 Å². The average Bonchev–Trinajstić information content (AvgIpc) is 2.60. The first-order valence-electron chi connectivity index (χ1n) is 5.46. The molecule has 17 heavy (non-hydrogen) atoms. The van der Waals surface area contributed by atoms with Crippen LogP contribution >= 0.6 is 0 Å². The van der Waals surface area contributed by atoms with E-state index in [1.54, 1.807) is 0 Å². The third kappa shape index (κ3) is 4.76. The van der Waals surface area contributed by atoms with Gasteiger partial charge in [0.1, 0.15) is 6.54 Å². The van der Waals surface area contributed by atoms with Crippen molar-refractivity contribution in [2.75, 3.05) is 6.54 Å². The van der Waals surface area contributed by atoms with E-state index in [1.807, 2.05) is 20.8 Å². The highest BCUT2D eigenvalue weighted by Crippen LogP contribution is 2.10. The molecule has 0 fully saturated rings. The summed E-state index contributed by atoms with van der Waals surface area (Å²) in [5, 5.41) is 10.2. The largest absolute Gasteiger partial charge is 0.350 e. The van der Waals surface area contributed by atoms with E-state index in [4.69, 9.17) is 0 Å². The summed E-state index contributed by atoms with van der Waals surface area (Å²) in [5.74, 6) is -0.300. The molecule has 0 aromatic carbocycles. The van der Waals surface area contributed by atoms with Crippen molar-refractivity contribution in [3.8, 4) is 0 Å². The number of aromatic nitrogens is 3. The minimum Gasteiger partial charge on any atom is -0.350 e. The molecule has 1 aromatic heterocycles. The fourth-order valence-corrected chi connectivity index (χ4v) is 1.14. The smallest absolute Gasteiger partial charge is 0.273 e. The van der Waals surface area contributed by atoms with Gasteiger partial charge in [-0.15, -0.1) is 5.10 Å². The van der Waals surface area contributed by atoms with Crippen LogP contribution in [-0.4, -0.2) is 33.2 Å². The van der Waals surface area contributed by atoms with Crippen molar-refractivity contribution in [1.82, 2.24) is 20.3 Å². The van der Waals surface area contributed by atoms with Crippen LogP contribution in [0.1, 0.15) is 38.2 Å². The van der Waals surface area contributed by atoms with Crippen molar-refractivity contribution in [3.63, 3.8) is 0 Å². The molecule has 1 aromatic rings. The summed E-state index contributed by atoms with van der Waals surface area (Å²) in [6.07, 6.45) is 1.47. The van der Waals surface area contributed by atoms with E-state index >= 15 is 0 Å². The topological polar surface area (TPSA) is 76.9 Å². The first-order chi connectivity index (χ1) is 7.78. The van der Waals surface area contributed by atoms with Crippen LogP contribution in [0.3, 0.4) is 0 Å². The minimum absolute atomic E-state index is 0.0189. The highest BCUT2D eigenvalue weighted by atomic mass is 16.2. The molecule has 0 spiro atoms. The molecule has 0 saturated carbocycles. The molecule has 0 aliphatic carbocycles. The van der Waals surface area contributed by atoms with E-state index in [-0.39, 0.29) is 29.3 Å². The highest BCUT2D eigenvalue weighted by Gasteiger charge is 2.15. The highest BCUT2D eigenvalue weighted by molar-refractivity contribution is 5.91. The monoisotopic (exact) mass is 238 g/mol. The lowest BCUT2D eigenvalue weighted by molar-refractivity contribution is -0.117. The fraction of sp³-hybridized carbons (Fsp3) is 0.636. The summed E-state index contributed by atoms with van der Waals surface area (Å²) in [6.45, 7) is 8.24. The molecule has 1 heterocycles. The molecule has 6 heteroatoms. The van der Waals surface area contributed by atoms with Crippen LogP contribution in [0.2, 0.25) is 0 Å². The molecule has 94 valence electrons. The summed E-state index contributed by atoms with van der Waals surface area (Å²) in [5.41, 5.74) is 0.251. The lowest BCUT2D eigenvalue weighted by Crippen LogP contribution is -2.32. The Labute approximate surface area is 100 Å². The minimum atomic E-state index is -0.269. The second-order valence-electron chi connectivity index (χ2n) is 5.25. The molecule has 1 rings (SSSR count). The van der Waals surface area contributed by atoms with Gasteiger partial charge in [-0.1, -0.05) is 26.0 Å². The predicted molar refractivity (Wildman–Crippen MR) is 62.5 cm³/mol. The van der Waals surface area contributed by atoms with Gasteiger partial charge in [-0.3, -0.25) is 9.59 Å². The molecule has 1 N–H and O–H groups in total. The summed E-state index contributed by atoms with van der Waals surface area (Å²) < 4.78 is 1.36. The molecule has 0 radical (unpaired) electrons. The molecule has 0 bridgehead atoms. The number of Topliss-reactive ketones (excluding diaryl/α,β-unsaturated/α-hetero) is 1. The van der Waals surface area contributed by atoms with Gasteiger partial charge in [0.15, 0.2) is 11.5 Å². The van der Waals surface area contributed by atoms with Crippen LogP contribution < -0.4 is 5.32 Å². The van der Waals surface area contributed by atoms with Crippen molar-refractivity contribution >= 4 is 11.7 Å². The van der Waals surface area contributed by atoms with Gasteiger partial charge in [0.05, 0.1) is 6.20 Å². The standard InChI is InChI=1S/C11H18N4O2/c1-8(16)5-15-6-9(13-14-15)10(17)12-7-11(2,3)4/h6H,5,7H2,1-4H3,(H,12,17). The van der Waals surface area contributed by atoms with Crippen LogP contribution in [0, 0.1) is 5.41 Å². The Bertz CT molecular complexity index is 417. The maximum atomic E-state index is 11.7. The lowest BCUT2D eigenvalue weighted by Gasteiger charge is -2.17.